The summed E-state index contributed by atoms with van der Waals surface area (Å²) in [6.45, 7) is 9.01. The van der Waals surface area contributed by atoms with Crippen LogP contribution in [0.25, 0.3) is 0 Å². The van der Waals surface area contributed by atoms with Crippen molar-refractivity contribution in [3.8, 4) is 0 Å². The summed E-state index contributed by atoms with van der Waals surface area (Å²) >= 11 is 1.79. The van der Waals surface area contributed by atoms with Crippen LogP contribution in [0.4, 0.5) is 0 Å². The molecule has 15 heavy (non-hydrogen) atoms. The van der Waals surface area contributed by atoms with Crippen molar-refractivity contribution in [2.75, 3.05) is 26.2 Å². The predicted molar refractivity (Wildman–Crippen MR) is 64.5 cm³/mol. The van der Waals surface area contributed by atoms with Gasteiger partial charge < -0.3 is 5.32 Å². The lowest BCUT2D eigenvalue weighted by Crippen LogP contribution is -2.50. The molecule has 1 N–H and O–H groups in total. The van der Waals surface area contributed by atoms with E-state index in [1.807, 2.05) is 5.51 Å². The highest BCUT2D eigenvalue weighted by molar-refractivity contribution is 7.09. The molecular formula is C11H19N3S. The first-order chi connectivity index (χ1) is 7.27. The number of thiazole rings is 1. The highest BCUT2D eigenvalue weighted by Gasteiger charge is 2.17. The fraction of sp³-hybridized carbons (Fsp3) is 0.727. The number of hydrogen-bond acceptors (Lipinski definition) is 4. The summed E-state index contributed by atoms with van der Waals surface area (Å²) in [5, 5.41) is 3.42. The Kier molecular flexibility index (Phi) is 3.72. The minimum atomic E-state index is 0.673. The normalized spacial score (nSPS) is 23.2. The van der Waals surface area contributed by atoms with Crippen molar-refractivity contribution in [1.82, 2.24) is 15.2 Å². The Morgan fingerprint density at radius 2 is 2.53 bits per heavy atom. The van der Waals surface area contributed by atoms with Crippen molar-refractivity contribution >= 4 is 11.3 Å². The van der Waals surface area contributed by atoms with Crippen molar-refractivity contribution in [3.63, 3.8) is 0 Å². The number of nitrogens with zero attached hydrogens (tertiary/aromatic N) is 2. The van der Waals surface area contributed by atoms with E-state index in [0.29, 0.717) is 6.04 Å². The number of aromatic nitrogens is 1. The molecule has 4 heteroatoms. The zero-order chi connectivity index (χ0) is 10.7. The summed E-state index contributed by atoms with van der Waals surface area (Å²) in [5.74, 6) is 0. The molecule has 1 aliphatic heterocycles. The maximum absolute atomic E-state index is 4.29. The number of hydrogen-bond donors (Lipinski definition) is 1. The lowest BCUT2D eigenvalue weighted by atomic mass is 10.2. The molecule has 0 saturated carbocycles. The largest absolute Gasteiger partial charge is 0.314 e. The van der Waals surface area contributed by atoms with Gasteiger partial charge in [0.1, 0.15) is 0 Å². The zero-order valence-corrected chi connectivity index (χ0v) is 10.3. The van der Waals surface area contributed by atoms with E-state index in [1.54, 1.807) is 11.3 Å². The lowest BCUT2D eigenvalue weighted by molar-refractivity contribution is 0.176. The lowest BCUT2D eigenvalue weighted by Gasteiger charge is -2.33. The number of aryl methyl sites for hydroxylation is 1. The van der Waals surface area contributed by atoms with Crippen molar-refractivity contribution in [2.24, 2.45) is 0 Å². The van der Waals surface area contributed by atoms with Crippen molar-refractivity contribution in [2.45, 2.75) is 26.3 Å². The van der Waals surface area contributed by atoms with Gasteiger partial charge in [-0.25, -0.2) is 4.98 Å². The molecule has 3 nitrogen and oxygen atoms in total. The molecule has 2 rings (SSSR count). The molecule has 1 fully saturated rings. The average Bonchev–Trinajstić information content (AvgIpc) is 2.63. The molecule has 1 atom stereocenters. The monoisotopic (exact) mass is 225 g/mol. The summed E-state index contributed by atoms with van der Waals surface area (Å²) in [6.07, 6.45) is 1.15. The summed E-state index contributed by atoms with van der Waals surface area (Å²) in [4.78, 5) is 8.30. The van der Waals surface area contributed by atoms with E-state index in [4.69, 9.17) is 0 Å². The number of rotatable bonds is 3. The molecule has 0 spiro atoms. The van der Waals surface area contributed by atoms with E-state index in [0.717, 1.165) is 19.5 Å². The molecule has 84 valence electrons. The van der Waals surface area contributed by atoms with E-state index in [9.17, 15) is 0 Å². The third-order valence-corrected chi connectivity index (χ3v) is 4.10. The quantitative estimate of drug-likeness (QED) is 0.840. The third kappa shape index (κ3) is 2.77. The van der Waals surface area contributed by atoms with Crippen LogP contribution in [0.2, 0.25) is 0 Å². The second kappa shape index (κ2) is 5.05. The Morgan fingerprint density at radius 1 is 1.67 bits per heavy atom. The fourth-order valence-electron chi connectivity index (χ4n) is 2.03. The van der Waals surface area contributed by atoms with E-state index < -0.39 is 0 Å². The van der Waals surface area contributed by atoms with E-state index in [1.165, 1.54) is 23.7 Å². The van der Waals surface area contributed by atoms with Crippen LogP contribution in [0.15, 0.2) is 5.51 Å². The minimum Gasteiger partial charge on any atom is -0.314 e. The first-order valence-electron chi connectivity index (χ1n) is 5.61. The zero-order valence-electron chi connectivity index (χ0n) is 9.49. The highest BCUT2D eigenvalue weighted by Crippen LogP contribution is 2.14. The van der Waals surface area contributed by atoms with Gasteiger partial charge in [-0.2, -0.15) is 0 Å². The van der Waals surface area contributed by atoms with Crippen molar-refractivity contribution in [1.29, 1.82) is 0 Å². The van der Waals surface area contributed by atoms with Crippen LogP contribution in [0.5, 0.6) is 0 Å². The summed E-state index contributed by atoms with van der Waals surface area (Å²) in [5.41, 5.74) is 3.16. The van der Waals surface area contributed by atoms with Crippen LogP contribution >= 0.6 is 11.3 Å². The van der Waals surface area contributed by atoms with Gasteiger partial charge >= 0.3 is 0 Å². The molecule has 0 aromatic carbocycles. The fourth-order valence-corrected chi connectivity index (χ4v) is 2.80. The van der Waals surface area contributed by atoms with Gasteiger partial charge in [-0.05, 0) is 20.3 Å². The smallest absolute Gasteiger partial charge is 0.0797 e. The van der Waals surface area contributed by atoms with E-state index in [2.05, 4.69) is 29.0 Å². The average molecular weight is 225 g/mol. The molecule has 0 unspecified atom stereocenters. The Morgan fingerprint density at radius 3 is 3.20 bits per heavy atom. The SMILES string of the molecule is Cc1ncsc1CCN1CCNC[C@H]1C. The van der Waals surface area contributed by atoms with Gasteiger partial charge in [0.05, 0.1) is 11.2 Å². The Balaban J connectivity index is 1.84. The van der Waals surface area contributed by atoms with Crippen LogP contribution < -0.4 is 5.32 Å². The van der Waals surface area contributed by atoms with Gasteiger partial charge in [-0.1, -0.05) is 0 Å². The van der Waals surface area contributed by atoms with E-state index in [-0.39, 0.29) is 0 Å². The van der Waals surface area contributed by atoms with Gasteiger partial charge in [0.15, 0.2) is 0 Å². The van der Waals surface area contributed by atoms with Gasteiger partial charge in [-0.15, -0.1) is 11.3 Å². The first-order valence-corrected chi connectivity index (χ1v) is 6.49. The maximum atomic E-state index is 4.29. The summed E-state index contributed by atoms with van der Waals surface area (Å²) in [6, 6.07) is 0.673. The van der Waals surface area contributed by atoms with Gasteiger partial charge in [0.2, 0.25) is 0 Å². The molecular weight excluding hydrogens is 206 g/mol. The minimum absolute atomic E-state index is 0.673. The Labute approximate surface area is 95.5 Å². The number of piperazine rings is 1. The second-order valence-electron chi connectivity index (χ2n) is 4.20. The van der Waals surface area contributed by atoms with E-state index >= 15 is 0 Å². The Bertz CT molecular complexity index is 311. The predicted octanol–water partition coefficient (Wildman–Crippen LogP) is 1.29. The van der Waals surface area contributed by atoms with Crippen molar-refractivity contribution < 1.29 is 0 Å². The van der Waals surface area contributed by atoms with Gasteiger partial charge in [0, 0.05) is 37.1 Å². The molecule has 0 radical (unpaired) electrons. The molecule has 2 heterocycles. The van der Waals surface area contributed by atoms with Gasteiger partial charge in [-0.3, -0.25) is 4.90 Å². The molecule has 0 aliphatic carbocycles. The topological polar surface area (TPSA) is 28.2 Å². The third-order valence-electron chi connectivity index (χ3n) is 3.11. The summed E-state index contributed by atoms with van der Waals surface area (Å²) in [7, 11) is 0. The summed E-state index contributed by atoms with van der Waals surface area (Å²) < 4.78 is 0. The highest BCUT2D eigenvalue weighted by atomic mass is 32.1. The first kappa shape index (κ1) is 11.0. The Hall–Kier alpha value is -0.450. The maximum Gasteiger partial charge on any atom is 0.0797 e. The second-order valence-corrected chi connectivity index (χ2v) is 5.14. The molecule has 0 bridgehead atoms. The van der Waals surface area contributed by atoms with Crippen LogP contribution in [-0.2, 0) is 6.42 Å². The molecule has 1 aromatic heterocycles. The van der Waals surface area contributed by atoms with Gasteiger partial charge in [0.25, 0.3) is 0 Å². The molecule has 1 aliphatic rings. The molecule has 1 aromatic rings. The number of nitrogens with one attached hydrogen (secondary N) is 1. The molecule has 0 amide bonds. The van der Waals surface area contributed by atoms with Crippen LogP contribution in [-0.4, -0.2) is 42.1 Å². The van der Waals surface area contributed by atoms with Crippen molar-refractivity contribution in [3.05, 3.63) is 16.1 Å². The van der Waals surface area contributed by atoms with Crippen LogP contribution in [0.3, 0.4) is 0 Å². The standard InChI is InChI=1S/C11H19N3S/c1-9-7-12-4-6-14(9)5-3-11-10(2)13-8-15-11/h8-9,12H,3-7H2,1-2H3/t9-/m1/s1. The molecule has 1 saturated heterocycles. The van der Waals surface area contributed by atoms with Crippen LogP contribution in [0, 0.1) is 6.92 Å². The van der Waals surface area contributed by atoms with Crippen LogP contribution in [0.1, 0.15) is 17.5 Å².